The van der Waals surface area contributed by atoms with Crippen molar-refractivity contribution in [3.8, 4) is 0 Å². The Morgan fingerprint density at radius 3 is 2.35 bits per heavy atom. The lowest BCUT2D eigenvalue weighted by Gasteiger charge is -2.20. The molecule has 0 saturated heterocycles. The number of hydrogen-bond acceptors (Lipinski definition) is 2. The molecular formula is C19H23N3O. The molecule has 0 radical (unpaired) electrons. The molecule has 0 saturated carbocycles. The van der Waals surface area contributed by atoms with Gasteiger partial charge in [0.05, 0.1) is 5.69 Å². The van der Waals surface area contributed by atoms with Gasteiger partial charge in [-0.1, -0.05) is 24.3 Å². The summed E-state index contributed by atoms with van der Waals surface area (Å²) >= 11 is 0. The van der Waals surface area contributed by atoms with Crippen LogP contribution in [0.15, 0.2) is 42.5 Å². The summed E-state index contributed by atoms with van der Waals surface area (Å²) in [5, 5.41) is 5.68. The molecule has 1 aromatic heterocycles. The average molecular weight is 309 g/mol. The van der Waals surface area contributed by atoms with E-state index >= 15 is 0 Å². The van der Waals surface area contributed by atoms with Crippen molar-refractivity contribution in [1.82, 2.24) is 10.3 Å². The predicted octanol–water partition coefficient (Wildman–Crippen LogP) is 4.48. The third-order valence-corrected chi connectivity index (χ3v) is 3.01. The van der Waals surface area contributed by atoms with E-state index in [0.29, 0.717) is 0 Å². The SMILES string of the molecule is Cc1cccc(/C=C/c2ccc(NC(=O)NC(C)(C)C)cc2)n1. The average Bonchev–Trinajstić information content (AvgIpc) is 2.44. The first-order chi connectivity index (χ1) is 10.8. The van der Waals surface area contributed by atoms with E-state index in [4.69, 9.17) is 0 Å². The minimum atomic E-state index is -0.256. The van der Waals surface area contributed by atoms with Crippen molar-refractivity contribution in [3.63, 3.8) is 0 Å². The molecule has 2 rings (SSSR count). The summed E-state index contributed by atoms with van der Waals surface area (Å²) in [5.41, 5.74) is 3.48. The molecule has 2 amide bonds. The fourth-order valence-electron chi connectivity index (χ4n) is 2.02. The number of hydrogen-bond donors (Lipinski definition) is 2. The topological polar surface area (TPSA) is 54.0 Å². The van der Waals surface area contributed by atoms with E-state index in [9.17, 15) is 4.79 Å². The molecule has 4 nitrogen and oxygen atoms in total. The molecule has 120 valence electrons. The first-order valence-electron chi connectivity index (χ1n) is 7.63. The van der Waals surface area contributed by atoms with Gasteiger partial charge in [0.2, 0.25) is 0 Å². The van der Waals surface area contributed by atoms with Gasteiger partial charge in [0.25, 0.3) is 0 Å². The second-order valence-corrected chi connectivity index (χ2v) is 6.49. The monoisotopic (exact) mass is 309 g/mol. The minimum absolute atomic E-state index is 0.204. The van der Waals surface area contributed by atoms with E-state index < -0.39 is 0 Å². The highest BCUT2D eigenvalue weighted by Crippen LogP contribution is 2.13. The summed E-state index contributed by atoms with van der Waals surface area (Å²) in [6.07, 6.45) is 3.97. The number of urea groups is 1. The van der Waals surface area contributed by atoms with Crippen LogP contribution in [0.25, 0.3) is 12.2 Å². The van der Waals surface area contributed by atoms with E-state index in [1.54, 1.807) is 0 Å². The summed E-state index contributed by atoms with van der Waals surface area (Å²) in [6.45, 7) is 7.81. The zero-order chi connectivity index (χ0) is 16.9. The Bertz CT molecular complexity index is 697. The standard InChI is InChI=1S/C19H23N3O/c1-14-6-5-7-16(20-14)11-8-15-9-12-17(13-10-15)21-18(23)22-19(2,3)4/h5-13H,1-4H3,(H2,21,22,23)/b11-8+. The van der Waals surface area contributed by atoms with E-state index in [2.05, 4.69) is 15.6 Å². The van der Waals surface area contributed by atoms with Crippen molar-refractivity contribution < 1.29 is 4.79 Å². The summed E-state index contributed by atoms with van der Waals surface area (Å²) in [5.74, 6) is 0. The van der Waals surface area contributed by atoms with E-state index in [-0.39, 0.29) is 11.6 Å². The molecule has 0 aliphatic heterocycles. The second-order valence-electron chi connectivity index (χ2n) is 6.49. The number of pyridine rings is 1. The summed E-state index contributed by atoms with van der Waals surface area (Å²) in [4.78, 5) is 16.2. The minimum Gasteiger partial charge on any atom is -0.333 e. The van der Waals surface area contributed by atoms with Crippen LogP contribution in [-0.2, 0) is 0 Å². The summed E-state index contributed by atoms with van der Waals surface area (Å²) in [7, 11) is 0. The predicted molar refractivity (Wildman–Crippen MR) is 96.3 cm³/mol. The molecule has 0 unspecified atom stereocenters. The summed E-state index contributed by atoms with van der Waals surface area (Å²) < 4.78 is 0. The van der Waals surface area contributed by atoms with Crippen LogP contribution in [0.2, 0.25) is 0 Å². The van der Waals surface area contributed by atoms with Crippen LogP contribution in [0.4, 0.5) is 10.5 Å². The van der Waals surface area contributed by atoms with Crippen molar-refractivity contribution >= 4 is 23.9 Å². The van der Waals surface area contributed by atoms with Gasteiger partial charge < -0.3 is 10.6 Å². The van der Waals surface area contributed by atoms with Gasteiger partial charge in [-0.3, -0.25) is 4.98 Å². The Hall–Kier alpha value is -2.62. The van der Waals surface area contributed by atoms with E-state index in [0.717, 1.165) is 22.6 Å². The van der Waals surface area contributed by atoms with Crippen molar-refractivity contribution in [2.24, 2.45) is 0 Å². The molecule has 0 atom stereocenters. The molecule has 4 heteroatoms. The molecule has 2 aromatic rings. The molecule has 0 aliphatic carbocycles. The van der Waals surface area contributed by atoms with E-state index in [1.165, 1.54) is 0 Å². The molecule has 23 heavy (non-hydrogen) atoms. The molecule has 0 aliphatic rings. The lowest BCUT2D eigenvalue weighted by atomic mass is 10.1. The van der Waals surface area contributed by atoms with Gasteiger partial charge in [-0.05, 0) is 63.6 Å². The Labute approximate surface area is 137 Å². The third kappa shape index (κ3) is 5.94. The van der Waals surface area contributed by atoms with Gasteiger partial charge >= 0.3 is 6.03 Å². The van der Waals surface area contributed by atoms with Crippen molar-refractivity contribution in [3.05, 3.63) is 59.4 Å². The van der Waals surface area contributed by atoms with E-state index in [1.807, 2.05) is 82.3 Å². The van der Waals surface area contributed by atoms with Gasteiger partial charge in [0.15, 0.2) is 0 Å². The van der Waals surface area contributed by atoms with Gasteiger partial charge in [-0.15, -0.1) is 0 Å². The first kappa shape index (κ1) is 16.7. The van der Waals surface area contributed by atoms with Crippen LogP contribution in [-0.4, -0.2) is 16.6 Å². The van der Waals surface area contributed by atoms with Gasteiger partial charge in [0, 0.05) is 16.9 Å². The van der Waals surface area contributed by atoms with Gasteiger partial charge in [-0.25, -0.2) is 4.79 Å². The van der Waals surface area contributed by atoms with Gasteiger partial charge in [-0.2, -0.15) is 0 Å². The fraction of sp³-hybridized carbons (Fsp3) is 0.263. The Morgan fingerprint density at radius 1 is 1.04 bits per heavy atom. The zero-order valence-corrected chi connectivity index (χ0v) is 14.1. The van der Waals surface area contributed by atoms with Crippen LogP contribution >= 0.6 is 0 Å². The highest BCUT2D eigenvalue weighted by Gasteiger charge is 2.13. The van der Waals surface area contributed by atoms with Gasteiger partial charge in [0.1, 0.15) is 0 Å². The second kappa shape index (κ2) is 7.09. The Balaban J connectivity index is 1.98. The maximum atomic E-state index is 11.8. The van der Waals surface area contributed by atoms with Crippen LogP contribution in [0.3, 0.4) is 0 Å². The third-order valence-electron chi connectivity index (χ3n) is 3.01. The molecule has 2 N–H and O–H groups in total. The van der Waals surface area contributed by atoms with Crippen LogP contribution in [0.1, 0.15) is 37.7 Å². The Morgan fingerprint density at radius 2 is 1.74 bits per heavy atom. The quantitative estimate of drug-likeness (QED) is 0.878. The molecular weight excluding hydrogens is 286 g/mol. The molecule has 1 heterocycles. The van der Waals surface area contributed by atoms with Crippen LogP contribution in [0.5, 0.6) is 0 Å². The lowest BCUT2D eigenvalue weighted by Crippen LogP contribution is -2.43. The smallest absolute Gasteiger partial charge is 0.319 e. The molecule has 0 bridgehead atoms. The van der Waals surface area contributed by atoms with Crippen LogP contribution < -0.4 is 10.6 Å². The lowest BCUT2D eigenvalue weighted by molar-refractivity contribution is 0.244. The van der Waals surface area contributed by atoms with Crippen molar-refractivity contribution in [2.75, 3.05) is 5.32 Å². The maximum Gasteiger partial charge on any atom is 0.319 e. The zero-order valence-electron chi connectivity index (χ0n) is 14.1. The van der Waals surface area contributed by atoms with Crippen molar-refractivity contribution in [2.45, 2.75) is 33.2 Å². The number of nitrogens with one attached hydrogen (secondary N) is 2. The number of amides is 2. The number of carbonyl (C=O) groups excluding carboxylic acids is 1. The number of benzene rings is 1. The number of carbonyl (C=O) groups is 1. The molecule has 1 aromatic carbocycles. The Kier molecular flexibility index (Phi) is 5.16. The number of nitrogens with zero attached hydrogens (tertiary/aromatic N) is 1. The highest BCUT2D eigenvalue weighted by atomic mass is 16.2. The summed E-state index contributed by atoms with van der Waals surface area (Å²) in [6, 6.07) is 13.4. The maximum absolute atomic E-state index is 11.8. The number of rotatable bonds is 3. The highest BCUT2D eigenvalue weighted by molar-refractivity contribution is 5.89. The molecule has 0 fully saturated rings. The molecule has 0 spiro atoms. The fourth-order valence-corrected chi connectivity index (χ4v) is 2.02. The normalized spacial score (nSPS) is 11.5. The number of anilines is 1. The number of aryl methyl sites for hydroxylation is 1. The largest absolute Gasteiger partial charge is 0.333 e. The van der Waals surface area contributed by atoms with Crippen LogP contribution in [0, 0.1) is 6.92 Å². The van der Waals surface area contributed by atoms with Crippen molar-refractivity contribution in [1.29, 1.82) is 0 Å². The number of aromatic nitrogens is 1. The first-order valence-corrected chi connectivity index (χ1v) is 7.63.